The molecule has 0 saturated carbocycles. The van der Waals surface area contributed by atoms with Crippen molar-refractivity contribution in [3.63, 3.8) is 0 Å². The van der Waals surface area contributed by atoms with Gasteiger partial charge in [0.2, 0.25) is 0 Å². The maximum atomic E-state index is 9.95. The SMILES string of the molecule is Brc1ccoc1.Cc1ncoc1C=O. The number of carbonyl (C=O) groups excluding carboxylic acids is 1. The van der Waals surface area contributed by atoms with Crippen molar-refractivity contribution in [1.29, 1.82) is 0 Å². The van der Waals surface area contributed by atoms with Crippen LogP contribution in [-0.4, -0.2) is 11.3 Å². The predicted molar refractivity (Wildman–Crippen MR) is 53.0 cm³/mol. The standard InChI is InChI=1S/C5H5NO2.C4H3BrO/c1-4-5(2-7)8-3-6-4;5-4-1-2-6-3-4/h2-3H,1H3;1-3H. The minimum absolute atomic E-state index is 0.310. The summed E-state index contributed by atoms with van der Waals surface area (Å²) >= 11 is 3.19. The lowest BCUT2D eigenvalue weighted by atomic mass is 10.4. The summed E-state index contributed by atoms with van der Waals surface area (Å²) in [7, 11) is 0. The van der Waals surface area contributed by atoms with Crippen LogP contribution < -0.4 is 0 Å². The summed E-state index contributed by atoms with van der Waals surface area (Å²) in [6.07, 6.45) is 5.13. The third kappa shape index (κ3) is 3.18. The second-order valence-electron chi connectivity index (χ2n) is 2.36. The fraction of sp³-hybridized carbons (Fsp3) is 0.111. The van der Waals surface area contributed by atoms with Crippen LogP contribution in [0.5, 0.6) is 0 Å². The van der Waals surface area contributed by atoms with E-state index >= 15 is 0 Å². The van der Waals surface area contributed by atoms with E-state index in [0.29, 0.717) is 17.7 Å². The minimum Gasteiger partial charge on any atom is -0.471 e. The van der Waals surface area contributed by atoms with Crippen LogP contribution in [0.4, 0.5) is 0 Å². The molecule has 74 valence electrons. The van der Waals surface area contributed by atoms with Crippen LogP contribution in [0.2, 0.25) is 0 Å². The van der Waals surface area contributed by atoms with Gasteiger partial charge in [0.15, 0.2) is 18.4 Å². The van der Waals surface area contributed by atoms with E-state index < -0.39 is 0 Å². The number of rotatable bonds is 1. The van der Waals surface area contributed by atoms with E-state index in [1.54, 1.807) is 19.5 Å². The number of nitrogens with zero attached hydrogens (tertiary/aromatic N) is 1. The number of hydrogen-bond donors (Lipinski definition) is 0. The van der Waals surface area contributed by atoms with Crippen LogP contribution in [0.25, 0.3) is 0 Å². The van der Waals surface area contributed by atoms with Gasteiger partial charge in [0, 0.05) is 0 Å². The third-order valence-corrected chi connectivity index (χ3v) is 1.83. The van der Waals surface area contributed by atoms with E-state index in [2.05, 4.69) is 29.7 Å². The molecule has 2 aromatic rings. The van der Waals surface area contributed by atoms with Crippen molar-refractivity contribution in [1.82, 2.24) is 4.98 Å². The molecule has 2 aromatic heterocycles. The van der Waals surface area contributed by atoms with Crippen molar-refractivity contribution in [2.45, 2.75) is 6.92 Å². The predicted octanol–water partition coefficient (Wildman–Crippen LogP) is 2.84. The molecule has 0 spiro atoms. The molecule has 0 N–H and O–H groups in total. The van der Waals surface area contributed by atoms with Gasteiger partial charge in [-0.3, -0.25) is 4.79 Å². The van der Waals surface area contributed by atoms with Crippen LogP contribution in [0.1, 0.15) is 16.2 Å². The fourth-order valence-corrected chi connectivity index (χ4v) is 0.888. The van der Waals surface area contributed by atoms with Gasteiger partial charge in [-0.2, -0.15) is 0 Å². The van der Waals surface area contributed by atoms with Gasteiger partial charge in [-0.15, -0.1) is 0 Å². The van der Waals surface area contributed by atoms with Gasteiger partial charge in [0.25, 0.3) is 0 Å². The zero-order valence-electron chi connectivity index (χ0n) is 7.44. The van der Waals surface area contributed by atoms with E-state index in [9.17, 15) is 4.79 Å². The Hall–Kier alpha value is -1.36. The molecule has 0 bridgehead atoms. The highest BCUT2D eigenvalue weighted by molar-refractivity contribution is 9.10. The second kappa shape index (κ2) is 5.39. The highest BCUT2D eigenvalue weighted by Gasteiger charge is 1.97. The summed E-state index contributed by atoms with van der Waals surface area (Å²) in [5, 5.41) is 0. The smallest absolute Gasteiger partial charge is 0.189 e. The van der Waals surface area contributed by atoms with E-state index in [-0.39, 0.29) is 0 Å². The lowest BCUT2D eigenvalue weighted by Crippen LogP contribution is -1.77. The fourth-order valence-electron chi connectivity index (χ4n) is 0.672. The highest BCUT2D eigenvalue weighted by atomic mass is 79.9. The molecule has 0 atom stereocenters. The molecule has 0 fully saturated rings. The van der Waals surface area contributed by atoms with Gasteiger partial charge in [-0.1, -0.05) is 0 Å². The summed E-state index contributed by atoms with van der Waals surface area (Å²) in [6, 6.07) is 1.83. The molecule has 14 heavy (non-hydrogen) atoms. The van der Waals surface area contributed by atoms with Crippen LogP contribution in [0.3, 0.4) is 0 Å². The monoisotopic (exact) mass is 257 g/mol. The molecule has 4 nitrogen and oxygen atoms in total. The Labute approximate surface area is 89.1 Å². The molecule has 0 aromatic carbocycles. The molecule has 0 aliphatic carbocycles. The summed E-state index contributed by atoms with van der Waals surface area (Å²) in [4.78, 5) is 13.6. The average Bonchev–Trinajstić information content (AvgIpc) is 2.77. The number of carbonyl (C=O) groups is 1. The normalized spacial score (nSPS) is 9.00. The largest absolute Gasteiger partial charge is 0.471 e. The van der Waals surface area contributed by atoms with Gasteiger partial charge in [0.1, 0.15) is 6.26 Å². The van der Waals surface area contributed by atoms with E-state index in [0.717, 1.165) is 4.47 Å². The van der Waals surface area contributed by atoms with E-state index in [4.69, 9.17) is 0 Å². The van der Waals surface area contributed by atoms with Crippen LogP contribution >= 0.6 is 15.9 Å². The van der Waals surface area contributed by atoms with Crippen molar-refractivity contribution in [3.05, 3.63) is 40.9 Å². The molecule has 0 unspecified atom stereocenters. The molecule has 2 rings (SSSR count). The van der Waals surface area contributed by atoms with Crippen LogP contribution in [-0.2, 0) is 0 Å². The van der Waals surface area contributed by atoms with Gasteiger partial charge < -0.3 is 8.83 Å². The van der Waals surface area contributed by atoms with Crippen LogP contribution in [0, 0.1) is 6.92 Å². The Morgan fingerprint density at radius 2 is 2.36 bits per heavy atom. The summed E-state index contributed by atoms with van der Waals surface area (Å²) in [5.74, 6) is 0.310. The molecular formula is C9H8BrNO3. The minimum atomic E-state index is 0.310. The van der Waals surface area contributed by atoms with Crippen molar-refractivity contribution < 1.29 is 13.6 Å². The Bertz CT molecular complexity index is 380. The summed E-state index contributed by atoms with van der Waals surface area (Å²) < 4.78 is 10.3. The lowest BCUT2D eigenvalue weighted by Gasteiger charge is -1.75. The van der Waals surface area contributed by atoms with Crippen molar-refractivity contribution in [2.75, 3.05) is 0 Å². The zero-order valence-corrected chi connectivity index (χ0v) is 9.02. The summed E-state index contributed by atoms with van der Waals surface area (Å²) in [5.41, 5.74) is 0.639. The number of furan rings is 1. The Morgan fingerprint density at radius 1 is 1.57 bits per heavy atom. The van der Waals surface area contributed by atoms with E-state index in [1.165, 1.54) is 6.39 Å². The number of halogens is 1. The summed E-state index contributed by atoms with van der Waals surface area (Å²) in [6.45, 7) is 1.72. The Balaban J connectivity index is 0.000000146. The Kier molecular flexibility index (Phi) is 4.12. The number of aryl methyl sites for hydroxylation is 1. The maximum absolute atomic E-state index is 9.95. The molecule has 0 aliphatic rings. The first kappa shape index (κ1) is 10.7. The molecular weight excluding hydrogens is 250 g/mol. The van der Waals surface area contributed by atoms with Crippen molar-refractivity contribution >= 4 is 22.2 Å². The number of oxazole rings is 1. The first-order valence-corrected chi connectivity index (χ1v) is 4.56. The Morgan fingerprint density at radius 3 is 2.57 bits per heavy atom. The van der Waals surface area contributed by atoms with Gasteiger partial charge in [0.05, 0.1) is 16.4 Å². The van der Waals surface area contributed by atoms with Gasteiger partial charge >= 0.3 is 0 Å². The first-order valence-electron chi connectivity index (χ1n) is 3.77. The molecule has 0 aliphatic heterocycles. The number of aldehydes is 1. The van der Waals surface area contributed by atoms with Crippen molar-refractivity contribution in [3.8, 4) is 0 Å². The van der Waals surface area contributed by atoms with Crippen LogP contribution in [0.15, 0.2) is 38.3 Å². The molecule has 0 radical (unpaired) electrons. The van der Waals surface area contributed by atoms with E-state index in [1.807, 2.05) is 6.07 Å². The number of aromatic nitrogens is 1. The average molecular weight is 258 g/mol. The molecule has 2 heterocycles. The van der Waals surface area contributed by atoms with Gasteiger partial charge in [-0.05, 0) is 28.9 Å². The first-order chi connectivity index (χ1) is 6.74. The van der Waals surface area contributed by atoms with Gasteiger partial charge in [-0.25, -0.2) is 4.98 Å². The molecule has 0 amide bonds. The van der Waals surface area contributed by atoms with Crippen molar-refractivity contribution in [2.24, 2.45) is 0 Å². The molecule has 0 saturated heterocycles. The molecule has 5 heteroatoms. The second-order valence-corrected chi connectivity index (χ2v) is 3.28. The highest BCUT2D eigenvalue weighted by Crippen LogP contribution is 2.06. The lowest BCUT2D eigenvalue weighted by molar-refractivity contribution is 0.110. The maximum Gasteiger partial charge on any atom is 0.189 e. The quantitative estimate of drug-likeness (QED) is 0.738. The zero-order chi connectivity index (χ0) is 10.4. The topological polar surface area (TPSA) is 56.2 Å². The third-order valence-electron chi connectivity index (χ3n) is 1.38. The number of hydrogen-bond acceptors (Lipinski definition) is 4.